The summed E-state index contributed by atoms with van der Waals surface area (Å²) >= 11 is 0. The van der Waals surface area contributed by atoms with Gasteiger partial charge in [0, 0.05) is 29.7 Å². The zero-order valence-corrected chi connectivity index (χ0v) is 18.4. The number of aromatic nitrogens is 2. The number of pyridine rings is 1. The van der Waals surface area contributed by atoms with E-state index >= 15 is 0 Å². The zero-order chi connectivity index (χ0) is 23.0. The van der Waals surface area contributed by atoms with E-state index in [4.69, 9.17) is 0 Å². The van der Waals surface area contributed by atoms with Crippen molar-refractivity contribution in [2.75, 3.05) is 0 Å². The average Bonchev–Trinajstić information content (AvgIpc) is 3.04. The molecular weight excluding hydrogens is 438 g/mol. The molecule has 1 aliphatic carbocycles. The smallest absolute Gasteiger partial charge is 0.387 e. The van der Waals surface area contributed by atoms with E-state index < -0.39 is 16.6 Å². The van der Waals surface area contributed by atoms with Crippen LogP contribution in [0.3, 0.4) is 0 Å². The van der Waals surface area contributed by atoms with E-state index in [0.29, 0.717) is 27.9 Å². The largest absolute Gasteiger partial charge is 0.435 e. The molecular formula is C22H22F2N4O3S. The number of alkyl halides is 2. The summed E-state index contributed by atoms with van der Waals surface area (Å²) in [5.74, 6) is -0.0144. The van der Waals surface area contributed by atoms with Crippen LogP contribution in [0.15, 0.2) is 41.4 Å². The van der Waals surface area contributed by atoms with Gasteiger partial charge in [-0.05, 0) is 51.0 Å². The third kappa shape index (κ3) is 4.06. The summed E-state index contributed by atoms with van der Waals surface area (Å²) in [4.78, 5) is 4.39. The predicted molar refractivity (Wildman–Crippen MR) is 115 cm³/mol. The van der Waals surface area contributed by atoms with Crippen molar-refractivity contribution in [1.29, 1.82) is 5.26 Å². The highest BCUT2D eigenvalue weighted by Gasteiger charge is 2.26. The molecule has 0 unspecified atom stereocenters. The number of sulfonamides is 1. The topological polar surface area (TPSA) is 97.0 Å². The second kappa shape index (κ2) is 8.48. The van der Waals surface area contributed by atoms with Gasteiger partial charge < -0.3 is 9.30 Å². The summed E-state index contributed by atoms with van der Waals surface area (Å²) in [7, 11) is -3.68. The van der Waals surface area contributed by atoms with E-state index in [2.05, 4.69) is 20.5 Å². The number of ether oxygens (including phenoxy) is 1. The van der Waals surface area contributed by atoms with Crippen LogP contribution < -0.4 is 9.46 Å². The number of nitriles is 1. The Balaban J connectivity index is 1.81. The predicted octanol–water partition coefficient (Wildman–Crippen LogP) is 4.59. The standard InChI is InChI=1S/C22H22F2N4O3S/c1-13(2)28-20-10-15(31-22(23)24)6-8-17(20)18(11-25)21(28)19-9-7-16(12-26-19)32(29,30)27-14-4-3-5-14/h6-10,12-14,22,27H,3-5H2,1-2H3. The molecule has 1 aromatic carbocycles. The minimum atomic E-state index is -3.68. The van der Waals surface area contributed by atoms with E-state index in [1.165, 1.54) is 24.4 Å². The maximum Gasteiger partial charge on any atom is 0.387 e. The zero-order valence-electron chi connectivity index (χ0n) is 17.5. The lowest BCUT2D eigenvalue weighted by Crippen LogP contribution is -2.39. The summed E-state index contributed by atoms with van der Waals surface area (Å²) in [6.07, 6.45) is 3.92. The molecule has 2 aromatic heterocycles. The Labute approximate surface area is 184 Å². The highest BCUT2D eigenvalue weighted by atomic mass is 32.2. The van der Waals surface area contributed by atoms with Crippen molar-refractivity contribution in [2.24, 2.45) is 0 Å². The number of rotatable bonds is 7. The highest BCUT2D eigenvalue weighted by molar-refractivity contribution is 7.89. The van der Waals surface area contributed by atoms with Gasteiger partial charge in [0.25, 0.3) is 0 Å². The second-order valence-electron chi connectivity index (χ2n) is 7.98. The van der Waals surface area contributed by atoms with Crippen LogP contribution in [-0.2, 0) is 10.0 Å². The third-order valence-electron chi connectivity index (χ3n) is 5.55. The minimum absolute atomic E-state index is 0.0144. The van der Waals surface area contributed by atoms with Crippen LogP contribution >= 0.6 is 0 Å². The first-order valence-corrected chi connectivity index (χ1v) is 11.7. The maximum absolute atomic E-state index is 12.7. The fraction of sp³-hybridized carbons (Fsp3) is 0.364. The van der Waals surface area contributed by atoms with Gasteiger partial charge in [0.05, 0.1) is 22.5 Å². The number of hydrogen-bond acceptors (Lipinski definition) is 5. The summed E-state index contributed by atoms with van der Waals surface area (Å²) in [5, 5.41) is 10.4. The van der Waals surface area contributed by atoms with Crippen LogP contribution in [0.5, 0.6) is 5.75 Å². The minimum Gasteiger partial charge on any atom is -0.435 e. The van der Waals surface area contributed by atoms with Crippen molar-refractivity contribution in [3.63, 3.8) is 0 Å². The lowest BCUT2D eigenvalue weighted by molar-refractivity contribution is -0.0497. The van der Waals surface area contributed by atoms with Gasteiger partial charge in [0.15, 0.2) is 0 Å². The first kappa shape index (κ1) is 22.2. The number of nitrogens with zero attached hydrogens (tertiary/aromatic N) is 3. The van der Waals surface area contributed by atoms with Crippen molar-refractivity contribution in [1.82, 2.24) is 14.3 Å². The van der Waals surface area contributed by atoms with Gasteiger partial charge in [-0.2, -0.15) is 14.0 Å². The molecule has 7 nitrogen and oxygen atoms in total. The Morgan fingerprint density at radius 3 is 2.53 bits per heavy atom. The van der Waals surface area contributed by atoms with Crippen LogP contribution in [0.2, 0.25) is 0 Å². The molecule has 0 spiro atoms. The molecule has 1 N–H and O–H groups in total. The van der Waals surface area contributed by atoms with Gasteiger partial charge in [-0.15, -0.1) is 0 Å². The molecule has 3 aromatic rings. The summed E-state index contributed by atoms with van der Waals surface area (Å²) in [6.45, 7) is 0.826. The van der Waals surface area contributed by atoms with Crippen molar-refractivity contribution in [3.8, 4) is 23.2 Å². The Bertz CT molecular complexity index is 1290. The molecule has 10 heteroatoms. The third-order valence-corrected chi connectivity index (χ3v) is 7.05. The molecule has 1 aliphatic rings. The molecule has 0 bridgehead atoms. The Hall–Kier alpha value is -3.03. The molecule has 0 aliphatic heterocycles. The van der Waals surface area contributed by atoms with Crippen molar-refractivity contribution in [3.05, 3.63) is 42.1 Å². The first-order valence-electron chi connectivity index (χ1n) is 10.2. The van der Waals surface area contributed by atoms with Crippen LogP contribution in [0.4, 0.5) is 8.78 Å². The van der Waals surface area contributed by atoms with Crippen LogP contribution in [-0.4, -0.2) is 30.6 Å². The van der Waals surface area contributed by atoms with Crippen molar-refractivity contribution >= 4 is 20.9 Å². The van der Waals surface area contributed by atoms with Crippen LogP contribution in [0, 0.1) is 11.3 Å². The number of hydrogen-bond donors (Lipinski definition) is 1. The first-order chi connectivity index (χ1) is 15.2. The van der Waals surface area contributed by atoms with Gasteiger partial charge >= 0.3 is 6.61 Å². The lowest BCUT2D eigenvalue weighted by Gasteiger charge is -2.26. The number of fused-ring (bicyclic) bond motifs is 1. The fourth-order valence-electron chi connectivity index (χ4n) is 3.86. The molecule has 32 heavy (non-hydrogen) atoms. The SMILES string of the molecule is CC(C)n1c(-c2ccc(S(=O)(=O)NC3CCC3)cn2)c(C#N)c2ccc(OC(F)F)cc21. The Kier molecular flexibility index (Phi) is 5.88. The molecule has 2 heterocycles. The second-order valence-corrected chi connectivity index (χ2v) is 9.70. The number of halogens is 2. The summed E-state index contributed by atoms with van der Waals surface area (Å²) in [5.41, 5.74) is 1.77. The highest BCUT2D eigenvalue weighted by Crippen LogP contribution is 2.37. The molecule has 168 valence electrons. The lowest BCUT2D eigenvalue weighted by atomic mass is 9.94. The molecule has 4 rings (SSSR count). The van der Waals surface area contributed by atoms with Crippen molar-refractivity contribution < 1.29 is 21.9 Å². The average molecular weight is 461 g/mol. The van der Waals surface area contributed by atoms with Crippen LogP contribution in [0.1, 0.15) is 44.7 Å². The Morgan fingerprint density at radius 1 is 1.25 bits per heavy atom. The van der Waals surface area contributed by atoms with E-state index in [1.807, 2.05) is 18.4 Å². The molecule has 0 radical (unpaired) electrons. The molecule has 0 amide bonds. The van der Waals surface area contributed by atoms with Gasteiger partial charge in [-0.1, -0.05) is 6.42 Å². The summed E-state index contributed by atoms with van der Waals surface area (Å²) in [6, 6.07) is 9.43. The van der Waals surface area contributed by atoms with Gasteiger partial charge in [0.1, 0.15) is 16.7 Å². The van der Waals surface area contributed by atoms with E-state index in [1.54, 1.807) is 12.1 Å². The van der Waals surface area contributed by atoms with E-state index in [-0.39, 0.29) is 22.7 Å². The van der Waals surface area contributed by atoms with Crippen LogP contribution in [0.25, 0.3) is 22.3 Å². The van der Waals surface area contributed by atoms with Gasteiger partial charge in [-0.25, -0.2) is 13.1 Å². The molecule has 0 saturated heterocycles. The molecule has 0 atom stereocenters. The van der Waals surface area contributed by atoms with Crippen molar-refractivity contribution in [2.45, 2.75) is 56.7 Å². The van der Waals surface area contributed by atoms with E-state index in [9.17, 15) is 22.5 Å². The van der Waals surface area contributed by atoms with Gasteiger partial charge in [-0.3, -0.25) is 4.98 Å². The normalized spacial score (nSPS) is 14.7. The number of benzene rings is 1. The monoisotopic (exact) mass is 460 g/mol. The van der Waals surface area contributed by atoms with E-state index in [0.717, 1.165) is 19.3 Å². The maximum atomic E-state index is 12.7. The fourth-order valence-corrected chi connectivity index (χ4v) is 5.11. The summed E-state index contributed by atoms with van der Waals surface area (Å²) < 4.78 is 59.5. The molecule has 1 saturated carbocycles. The number of nitrogens with one attached hydrogen (secondary N) is 1. The quantitative estimate of drug-likeness (QED) is 0.556. The molecule has 1 fully saturated rings. The van der Waals surface area contributed by atoms with Gasteiger partial charge in [0.2, 0.25) is 10.0 Å². The Morgan fingerprint density at radius 2 is 2.00 bits per heavy atom.